The smallest absolute Gasteiger partial charge is 0.105 e. The van der Waals surface area contributed by atoms with Crippen LogP contribution in [0.1, 0.15) is 28.0 Å². The van der Waals surface area contributed by atoms with Gasteiger partial charge >= 0.3 is 0 Å². The van der Waals surface area contributed by atoms with E-state index in [2.05, 4.69) is 0 Å². The molecule has 2 rings (SSSR count). The molecule has 1 atom stereocenters. The second kappa shape index (κ2) is 5.16. The van der Waals surface area contributed by atoms with Crippen LogP contribution >= 0.6 is 23.2 Å². The van der Waals surface area contributed by atoms with Crippen LogP contribution in [0.25, 0.3) is 0 Å². The first kappa shape index (κ1) is 12.5. The highest BCUT2D eigenvalue weighted by Gasteiger charge is 2.15. The molecular weight excluding hydrogens is 255 g/mol. The maximum Gasteiger partial charge on any atom is 0.105 e. The number of alkyl halides is 1. The maximum absolute atomic E-state index is 6.41. The number of hydrogen-bond acceptors (Lipinski definition) is 1. The molecule has 2 aromatic rings. The summed E-state index contributed by atoms with van der Waals surface area (Å²) in [4.78, 5) is 0. The van der Waals surface area contributed by atoms with Crippen molar-refractivity contribution < 1.29 is 4.42 Å². The van der Waals surface area contributed by atoms with E-state index < -0.39 is 0 Å². The molecule has 0 radical (unpaired) electrons. The maximum atomic E-state index is 6.41. The Morgan fingerprint density at radius 2 is 1.82 bits per heavy atom. The summed E-state index contributed by atoms with van der Waals surface area (Å²) in [5, 5.41) is 0.684. The minimum atomic E-state index is -0.0615. The van der Waals surface area contributed by atoms with E-state index in [-0.39, 0.29) is 5.38 Å². The first-order valence-corrected chi connectivity index (χ1v) is 6.33. The molecular formula is C14H14Cl2O. The summed E-state index contributed by atoms with van der Waals surface area (Å²) in [6.45, 7) is 3.88. The summed E-state index contributed by atoms with van der Waals surface area (Å²) in [6, 6.07) is 9.77. The summed E-state index contributed by atoms with van der Waals surface area (Å²) in [5.74, 6) is 1.80. The van der Waals surface area contributed by atoms with Gasteiger partial charge < -0.3 is 4.42 Å². The van der Waals surface area contributed by atoms with Gasteiger partial charge in [-0.2, -0.15) is 0 Å². The molecule has 0 fully saturated rings. The Balaban J connectivity index is 2.14. The van der Waals surface area contributed by atoms with Gasteiger partial charge in [0.2, 0.25) is 0 Å². The lowest BCUT2D eigenvalue weighted by atomic mass is 10.0. The fourth-order valence-corrected chi connectivity index (χ4v) is 2.42. The lowest BCUT2D eigenvalue weighted by Crippen LogP contribution is -1.95. The Kier molecular flexibility index (Phi) is 3.80. The predicted molar refractivity (Wildman–Crippen MR) is 71.9 cm³/mol. The van der Waals surface area contributed by atoms with Gasteiger partial charge in [0.15, 0.2) is 0 Å². The van der Waals surface area contributed by atoms with Crippen LogP contribution in [0, 0.1) is 13.8 Å². The molecule has 0 aliphatic heterocycles. The Labute approximate surface area is 111 Å². The molecule has 0 amide bonds. The Hall–Kier alpha value is -0.920. The molecule has 1 aromatic heterocycles. The van der Waals surface area contributed by atoms with E-state index in [1.807, 2.05) is 44.2 Å². The second-order valence-electron chi connectivity index (χ2n) is 4.17. The summed E-state index contributed by atoms with van der Waals surface area (Å²) in [5.41, 5.74) is 2.24. The zero-order valence-electron chi connectivity index (χ0n) is 9.84. The summed E-state index contributed by atoms with van der Waals surface area (Å²) in [6.07, 6.45) is 0.776. The number of hydrogen-bond donors (Lipinski definition) is 0. The van der Waals surface area contributed by atoms with E-state index in [0.717, 1.165) is 28.5 Å². The monoisotopic (exact) mass is 268 g/mol. The number of halogens is 2. The molecule has 0 aliphatic carbocycles. The van der Waals surface area contributed by atoms with Crippen LogP contribution in [0.3, 0.4) is 0 Å². The van der Waals surface area contributed by atoms with Crippen molar-refractivity contribution in [3.05, 3.63) is 58.0 Å². The molecule has 0 N–H and O–H groups in total. The van der Waals surface area contributed by atoms with E-state index >= 15 is 0 Å². The average molecular weight is 269 g/mol. The number of rotatable bonds is 3. The normalized spacial score (nSPS) is 12.7. The molecule has 1 aromatic carbocycles. The van der Waals surface area contributed by atoms with Gasteiger partial charge in [-0.15, -0.1) is 11.6 Å². The summed E-state index contributed by atoms with van der Waals surface area (Å²) in [7, 11) is 0. The molecule has 1 unspecified atom stereocenters. The molecule has 0 bridgehead atoms. The number of benzene rings is 1. The van der Waals surface area contributed by atoms with Gasteiger partial charge in [0, 0.05) is 10.6 Å². The van der Waals surface area contributed by atoms with E-state index in [1.54, 1.807) is 0 Å². The number of furan rings is 1. The molecule has 1 nitrogen and oxygen atoms in total. The van der Waals surface area contributed by atoms with Gasteiger partial charge in [0.1, 0.15) is 11.5 Å². The highest BCUT2D eigenvalue weighted by molar-refractivity contribution is 6.30. The van der Waals surface area contributed by atoms with Crippen molar-refractivity contribution in [2.45, 2.75) is 25.6 Å². The molecule has 0 spiro atoms. The van der Waals surface area contributed by atoms with Crippen LogP contribution in [0.5, 0.6) is 0 Å². The Bertz CT molecular complexity index is 499. The third-order valence-corrected chi connectivity index (χ3v) is 3.39. The van der Waals surface area contributed by atoms with Crippen molar-refractivity contribution in [3.63, 3.8) is 0 Å². The molecule has 1 heterocycles. The highest BCUT2D eigenvalue weighted by atomic mass is 35.5. The van der Waals surface area contributed by atoms with Crippen molar-refractivity contribution in [2.75, 3.05) is 0 Å². The lowest BCUT2D eigenvalue weighted by molar-refractivity contribution is 0.500. The van der Waals surface area contributed by atoms with E-state index in [9.17, 15) is 0 Å². The molecule has 90 valence electrons. The van der Waals surface area contributed by atoms with Crippen LogP contribution in [0.2, 0.25) is 5.02 Å². The number of aryl methyl sites for hydroxylation is 2. The van der Waals surface area contributed by atoms with Gasteiger partial charge in [-0.1, -0.05) is 23.7 Å². The lowest BCUT2D eigenvalue weighted by Gasteiger charge is -2.08. The van der Waals surface area contributed by atoms with Gasteiger partial charge in [-0.3, -0.25) is 0 Å². The highest BCUT2D eigenvalue weighted by Crippen LogP contribution is 2.30. The summed E-state index contributed by atoms with van der Waals surface area (Å²) >= 11 is 12.3. The minimum absolute atomic E-state index is 0.0615. The Morgan fingerprint density at radius 3 is 2.35 bits per heavy atom. The van der Waals surface area contributed by atoms with Gasteiger partial charge in [-0.25, -0.2) is 0 Å². The van der Waals surface area contributed by atoms with Gasteiger partial charge in [0.25, 0.3) is 0 Å². The van der Waals surface area contributed by atoms with Crippen LogP contribution in [-0.4, -0.2) is 0 Å². The molecule has 0 aliphatic rings. The van der Waals surface area contributed by atoms with E-state index in [4.69, 9.17) is 27.6 Å². The van der Waals surface area contributed by atoms with E-state index in [0.29, 0.717) is 0 Å². The zero-order chi connectivity index (χ0) is 12.4. The third kappa shape index (κ3) is 3.05. The third-order valence-electron chi connectivity index (χ3n) is 2.75. The topological polar surface area (TPSA) is 13.1 Å². The SMILES string of the molecule is Cc1cc(C(Cl)Cc2ccc(Cl)cc2)c(C)o1. The first-order valence-electron chi connectivity index (χ1n) is 5.51. The zero-order valence-corrected chi connectivity index (χ0v) is 11.3. The second-order valence-corrected chi connectivity index (χ2v) is 5.13. The van der Waals surface area contributed by atoms with Crippen molar-refractivity contribution in [1.29, 1.82) is 0 Å². The van der Waals surface area contributed by atoms with Gasteiger partial charge in [-0.05, 0) is 44.0 Å². The van der Waals surface area contributed by atoms with Crippen molar-refractivity contribution in [2.24, 2.45) is 0 Å². The molecule has 0 saturated heterocycles. The first-order chi connectivity index (χ1) is 8.06. The van der Waals surface area contributed by atoms with Gasteiger partial charge in [0.05, 0.1) is 5.38 Å². The van der Waals surface area contributed by atoms with Crippen molar-refractivity contribution >= 4 is 23.2 Å². The average Bonchev–Trinajstić information content (AvgIpc) is 2.61. The largest absolute Gasteiger partial charge is 0.466 e. The van der Waals surface area contributed by atoms with E-state index in [1.165, 1.54) is 5.56 Å². The Morgan fingerprint density at radius 1 is 1.18 bits per heavy atom. The fraction of sp³-hybridized carbons (Fsp3) is 0.286. The van der Waals surface area contributed by atoms with Crippen LogP contribution < -0.4 is 0 Å². The predicted octanol–water partition coefficient (Wildman–Crippen LogP) is 5.07. The molecule has 17 heavy (non-hydrogen) atoms. The fourth-order valence-electron chi connectivity index (χ4n) is 1.90. The van der Waals surface area contributed by atoms with Crippen molar-refractivity contribution in [1.82, 2.24) is 0 Å². The summed E-state index contributed by atoms with van der Waals surface area (Å²) < 4.78 is 5.49. The molecule has 3 heteroatoms. The van der Waals surface area contributed by atoms with Crippen LogP contribution in [0.15, 0.2) is 34.7 Å². The quantitative estimate of drug-likeness (QED) is 0.709. The minimum Gasteiger partial charge on any atom is -0.466 e. The molecule has 0 saturated carbocycles. The van der Waals surface area contributed by atoms with Crippen LogP contribution in [0.4, 0.5) is 0 Å². The standard InChI is InChI=1S/C14H14Cl2O/c1-9-7-13(10(2)17-9)14(16)8-11-3-5-12(15)6-4-11/h3-7,14H,8H2,1-2H3. The van der Waals surface area contributed by atoms with Crippen molar-refractivity contribution in [3.8, 4) is 0 Å². The van der Waals surface area contributed by atoms with Crippen LogP contribution in [-0.2, 0) is 6.42 Å².